The summed E-state index contributed by atoms with van der Waals surface area (Å²) in [4.78, 5) is 27.6. The summed E-state index contributed by atoms with van der Waals surface area (Å²) in [6.07, 6.45) is 0.345. The third-order valence-electron chi connectivity index (χ3n) is 5.36. The summed E-state index contributed by atoms with van der Waals surface area (Å²) in [5, 5.41) is 11.3. The Bertz CT molecular complexity index is 1050. The first-order chi connectivity index (χ1) is 14.0. The van der Waals surface area contributed by atoms with Gasteiger partial charge in [-0.2, -0.15) is 0 Å². The number of fused-ring (bicyclic) bond motifs is 1. The van der Waals surface area contributed by atoms with Crippen LogP contribution in [0, 0.1) is 0 Å². The molecule has 1 heterocycles. The number of carbonyl (C=O) groups excluding carboxylic acids is 2. The molecule has 3 aromatic carbocycles. The maximum atomic E-state index is 13.2. The fourth-order valence-electron chi connectivity index (χ4n) is 3.79. The third-order valence-corrected chi connectivity index (χ3v) is 5.36. The molecule has 3 aromatic rings. The van der Waals surface area contributed by atoms with Crippen molar-refractivity contribution in [2.75, 3.05) is 17.2 Å². The number of ketones is 1. The molecule has 0 unspecified atom stereocenters. The maximum absolute atomic E-state index is 13.2. The Balaban J connectivity index is 1.60. The smallest absolute Gasteiger partial charge is 0.264 e. The molecule has 0 saturated carbocycles. The Morgan fingerprint density at radius 1 is 0.931 bits per heavy atom. The maximum Gasteiger partial charge on any atom is 0.264 e. The van der Waals surface area contributed by atoms with E-state index in [-0.39, 0.29) is 12.2 Å². The lowest BCUT2D eigenvalue weighted by Gasteiger charge is -2.23. The number of nitrogen functional groups attached to an aromatic ring is 1. The molecule has 0 radical (unpaired) electrons. The second-order valence-electron chi connectivity index (χ2n) is 7.29. The van der Waals surface area contributed by atoms with Crippen LogP contribution < -0.4 is 10.6 Å². The van der Waals surface area contributed by atoms with Gasteiger partial charge in [0.05, 0.1) is 12.1 Å². The van der Waals surface area contributed by atoms with Crippen LogP contribution >= 0.6 is 0 Å². The van der Waals surface area contributed by atoms with E-state index in [0.717, 1.165) is 5.56 Å². The van der Waals surface area contributed by atoms with Crippen LogP contribution in [0.5, 0.6) is 0 Å². The Morgan fingerprint density at radius 3 is 2.31 bits per heavy atom. The number of nitrogens with zero attached hydrogens (tertiary/aromatic N) is 1. The van der Waals surface area contributed by atoms with Crippen molar-refractivity contribution in [3.63, 3.8) is 0 Å². The van der Waals surface area contributed by atoms with Crippen LogP contribution in [0.2, 0.25) is 0 Å². The molecule has 0 saturated heterocycles. The van der Waals surface area contributed by atoms with E-state index in [1.165, 1.54) is 0 Å². The summed E-state index contributed by atoms with van der Waals surface area (Å²) in [6, 6.07) is 23.5. The van der Waals surface area contributed by atoms with Crippen LogP contribution in [0.25, 0.3) is 0 Å². The lowest BCUT2D eigenvalue weighted by molar-refractivity contribution is -0.135. The van der Waals surface area contributed by atoms with E-state index in [1.807, 2.05) is 42.5 Å². The van der Waals surface area contributed by atoms with Crippen LogP contribution in [-0.4, -0.2) is 23.3 Å². The van der Waals surface area contributed by atoms with Crippen molar-refractivity contribution in [2.45, 2.75) is 18.4 Å². The van der Waals surface area contributed by atoms with Gasteiger partial charge < -0.3 is 15.7 Å². The Morgan fingerprint density at radius 2 is 1.59 bits per heavy atom. The first-order valence-electron chi connectivity index (χ1n) is 9.55. The van der Waals surface area contributed by atoms with Crippen molar-refractivity contribution < 1.29 is 14.7 Å². The molecule has 1 amide bonds. The molecule has 5 heteroatoms. The minimum absolute atomic E-state index is 0.305. The molecule has 1 aliphatic rings. The van der Waals surface area contributed by atoms with Gasteiger partial charge in [0.15, 0.2) is 11.4 Å². The fourth-order valence-corrected chi connectivity index (χ4v) is 3.79. The third kappa shape index (κ3) is 3.52. The summed E-state index contributed by atoms with van der Waals surface area (Å²) in [7, 11) is 0. The molecule has 4 rings (SSSR count). The standard InChI is InChI=1S/C24H22N2O3/c25-19-12-10-18(11-13-19)22(27)16-24(29)20-8-4-5-9-21(20)26(23(24)28)15-14-17-6-2-1-3-7-17/h1-13,29H,14-16,25H2/t24-/m0/s1. The highest BCUT2D eigenvalue weighted by Gasteiger charge is 2.50. The van der Waals surface area contributed by atoms with Gasteiger partial charge in [0.2, 0.25) is 0 Å². The quantitative estimate of drug-likeness (QED) is 0.503. The van der Waals surface area contributed by atoms with Gasteiger partial charge in [0.25, 0.3) is 5.91 Å². The number of nitrogens with two attached hydrogens (primary N) is 1. The molecule has 1 atom stereocenters. The van der Waals surface area contributed by atoms with Gasteiger partial charge in [0.1, 0.15) is 0 Å². The minimum atomic E-state index is -1.87. The average molecular weight is 386 g/mol. The fraction of sp³-hybridized carbons (Fsp3) is 0.167. The zero-order valence-corrected chi connectivity index (χ0v) is 15.9. The SMILES string of the molecule is Nc1ccc(C(=O)C[C@@]2(O)C(=O)N(CCc3ccccc3)c3ccccc32)cc1. The highest BCUT2D eigenvalue weighted by molar-refractivity contribution is 6.10. The van der Waals surface area contributed by atoms with Crippen LogP contribution in [0.3, 0.4) is 0 Å². The molecule has 5 nitrogen and oxygen atoms in total. The summed E-state index contributed by atoms with van der Waals surface area (Å²) in [6.45, 7) is 0.429. The summed E-state index contributed by atoms with van der Waals surface area (Å²) in [5.74, 6) is -0.765. The molecule has 0 aromatic heterocycles. The minimum Gasteiger partial charge on any atom is -0.399 e. The predicted octanol–water partition coefficient (Wildman–Crippen LogP) is 3.32. The van der Waals surface area contributed by atoms with Crippen molar-refractivity contribution in [3.05, 3.63) is 95.6 Å². The van der Waals surface area contributed by atoms with E-state index < -0.39 is 11.5 Å². The molecule has 0 bridgehead atoms. The molecule has 146 valence electrons. The van der Waals surface area contributed by atoms with Crippen molar-refractivity contribution in [1.82, 2.24) is 0 Å². The normalized spacial score (nSPS) is 18.0. The average Bonchev–Trinajstić information content (AvgIpc) is 2.95. The second-order valence-corrected chi connectivity index (χ2v) is 7.29. The van der Waals surface area contributed by atoms with E-state index in [9.17, 15) is 14.7 Å². The van der Waals surface area contributed by atoms with E-state index >= 15 is 0 Å². The monoisotopic (exact) mass is 386 g/mol. The first-order valence-corrected chi connectivity index (χ1v) is 9.55. The largest absolute Gasteiger partial charge is 0.399 e. The van der Waals surface area contributed by atoms with Crippen LogP contribution in [0.1, 0.15) is 27.9 Å². The molecule has 29 heavy (non-hydrogen) atoms. The van der Waals surface area contributed by atoms with Gasteiger partial charge in [-0.25, -0.2) is 0 Å². The van der Waals surface area contributed by atoms with Crippen molar-refractivity contribution >= 4 is 23.1 Å². The number of hydrogen-bond acceptors (Lipinski definition) is 4. The lowest BCUT2D eigenvalue weighted by atomic mass is 9.88. The molecule has 0 fully saturated rings. The molecular weight excluding hydrogens is 364 g/mol. The van der Waals surface area contributed by atoms with Crippen LogP contribution in [0.4, 0.5) is 11.4 Å². The van der Waals surface area contributed by atoms with Gasteiger partial charge in [-0.15, -0.1) is 0 Å². The van der Waals surface area contributed by atoms with Gasteiger partial charge in [0, 0.05) is 23.4 Å². The molecule has 0 spiro atoms. The Kier molecular flexibility index (Phi) is 4.91. The van der Waals surface area contributed by atoms with Crippen molar-refractivity contribution in [3.8, 4) is 0 Å². The van der Waals surface area contributed by atoms with Crippen molar-refractivity contribution in [2.24, 2.45) is 0 Å². The number of para-hydroxylation sites is 1. The topological polar surface area (TPSA) is 83.6 Å². The molecule has 3 N–H and O–H groups in total. The summed E-state index contributed by atoms with van der Waals surface area (Å²) in [5.41, 5.74) is 7.01. The van der Waals surface area contributed by atoms with Gasteiger partial charge in [-0.1, -0.05) is 48.5 Å². The number of aliphatic hydroxyl groups is 1. The number of rotatable bonds is 6. The Labute approximate surface area is 169 Å². The van der Waals surface area contributed by atoms with E-state index in [0.29, 0.717) is 35.5 Å². The highest BCUT2D eigenvalue weighted by atomic mass is 16.3. The number of Topliss-reactive ketones (excluding diaryl/α,β-unsaturated/α-hetero) is 1. The van der Waals surface area contributed by atoms with E-state index in [1.54, 1.807) is 41.3 Å². The number of hydrogen-bond donors (Lipinski definition) is 2. The van der Waals surface area contributed by atoms with Gasteiger partial charge in [-0.3, -0.25) is 9.59 Å². The zero-order valence-electron chi connectivity index (χ0n) is 15.9. The predicted molar refractivity (Wildman–Crippen MR) is 113 cm³/mol. The number of benzene rings is 3. The summed E-state index contributed by atoms with van der Waals surface area (Å²) >= 11 is 0. The molecule has 1 aliphatic heterocycles. The van der Waals surface area contributed by atoms with E-state index in [4.69, 9.17) is 5.73 Å². The second kappa shape index (κ2) is 7.53. The number of anilines is 2. The Hall–Kier alpha value is -3.44. The zero-order chi connectivity index (χ0) is 20.4. The van der Waals surface area contributed by atoms with E-state index in [2.05, 4.69) is 0 Å². The molecular formula is C24H22N2O3. The number of carbonyl (C=O) groups is 2. The van der Waals surface area contributed by atoms with Crippen molar-refractivity contribution in [1.29, 1.82) is 0 Å². The first kappa shape index (κ1) is 18.9. The van der Waals surface area contributed by atoms with Crippen LogP contribution in [-0.2, 0) is 16.8 Å². The van der Waals surface area contributed by atoms with Gasteiger partial charge in [-0.05, 0) is 42.3 Å². The summed E-state index contributed by atoms with van der Waals surface area (Å²) < 4.78 is 0. The lowest BCUT2D eigenvalue weighted by Crippen LogP contribution is -2.42. The van der Waals surface area contributed by atoms with Crippen LogP contribution in [0.15, 0.2) is 78.9 Å². The highest BCUT2D eigenvalue weighted by Crippen LogP contribution is 2.42. The molecule has 0 aliphatic carbocycles. The van der Waals surface area contributed by atoms with Gasteiger partial charge >= 0.3 is 0 Å². The number of amides is 1.